The molecule has 2 rings (SSSR count). The van der Waals surface area contributed by atoms with E-state index in [1.165, 1.54) is 48.6 Å². The van der Waals surface area contributed by atoms with E-state index < -0.39 is 0 Å². The van der Waals surface area contributed by atoms with Gasteiger partial charge in [0.1, 0.15) is 0 Å². The van der Waals surface area contributed by atoms with Crippen LogP contribution in [-0.2, 0) is 0 Å². The lowest BCUT2D eigenvalue weighted by atomic mass is 10.2. The summed E-state index contributed by atoms with van der Waals surface area (Å²) in [6, 6.07) is 6.29. The summed E-state index contributed by atoms with van der Waals surface area (Å²) in [6.07, 6.45) is 5.30. The van der Waals surface area contributed by atoms with Crippen LogP contribution in [0.5, 0.6) is 0 Å². The molecule has 0 spiro atoms. The first kappa shape index (κ1) is 12.6. The lowest BCUT2D eigenvalue weighted by Crippen LogP contribution is -2.30. The standard InChI is InChI=1S/C14H22N2S/c1-2-3-4-5-8-16-9-10-17-14-7-6-12(15)11-13(14)16/h6-7,11H,2-5,8-10,15H2,1H3. The van der Waals surface area contributed by atoms with Gasteiger partial charge in [-0.05, 0) is 24.6 Å². The molecule has 1 aromatic carbocycles. The second kappa shape index (κ2) is 6.20. The minimum absolute atomic E-state index is 0.879. The van der Waals surface area contributed by atoms with Gasteiger partial charge in [0.25, 0.3) is 0 Å². The smallest absolute Gasteiger partial charge is 0.0525 e. The number of hydrogen-bond donors (Lipinski definition) is 1. The summed E-state index contributed by atoms with van der Waals surface area (Å²) in [7, 11) is 0. The Balaban J connectivity index is 1.98. The lowest BCUT2D eigenvalue weighted by Gasteiger charge is -2.31. The largest absolute Gasteiger partial charge is 0.399 e. The number of thioether (sulfide) groups is 1. The summed E-state index contributed by atoms with van der Waals surface area (Å²) in [6.45, 7) is 4.60. The first-order chi connectivity index (χ1) is 8.31. The van der Waals surface area contributed by atoms with Crippen LogP contribution in [0.2, 0.25) is 0 Å². The third kappa shape index (κ3) is 3.32. The van der Waals surface area contributed by atoms with E-state index in [-0.39, 0.29) is 0 Å². The molecule has 94 valence electrons. The number of nitrogens with zero attached hydrogens (tertiary/aromatic N) is 1. The Morgan fingerprint density at radius 1 is 1.29 bits per heavy atom. The summed E-state index contributed by atoms with van der Waals surface area (Å²) >= 11 is 1.95. The average Bonchev–Trinajstić information content (AvgIpc) is 2.35. The van der Waals surface area contributed by atoms with Crippen LogP contribution in [0.3, 0.4) is 0 Å². The first-order valence-electron chi connectivity index (χ1n) is 6.58. The van der Waals surface area contributed by atoms with Crippen molar-refractivity contribution in [1.29, 1.82) is 0 Å². The van der Waals surface area contributed by atoms with Crippen molar-refractivity contribution in [2.75, 3.05) is 29.5 Å². The molecule has 17 heavy (non-hydrogen) atoms. The van der Waals surface area contributed by atoms with Crippen molar-refractivity contribution in [2.24, 2.45) is 0 Å². The van der Waals surface area contributed by atoms with E-state index >= 15 is 0 Å². The fourth-order valence-corrected chi connectivity index (χ4v) is 3.28. The Labute approximate surface area is 109 Å². The molecule has 1 aliphatic heterocycles. The Morgan fingerprint density at radius 3 is 3.00 bits per heavy atom. The fourth-order valence-electron chi connectivity index (χ4n) is 2.25. The van der Waals surface area contributed by atoms with Gasteiger partial charge in [0, 0.05) is 29.4 Å². The number of fused-ring (bicyclic) bond motifs is 1. The fraction of sp³-hybridized carbons (Fsp3) is 0.571. The van der Waals surface area contributed by atoms with Crippen LogP contribution >= 0.6 is 11.8 Å². The highest BCUT2D eigenvalue weighted by molar-refractivity contribution is 7.99. The summed E-state index contributed by atoms with van der Waals surface area (Å²) in [5.41, 5.74) is 8.11. The van der Waals surface area contributed by atoms with E-state index in [1.54, 1.807) is 0 Å². The van der Waals surface area contributed by atoms with Crippen molar-refractivity contribution < 1.29 is 0 Å². The Kier molecular flexibility index (Phi) is 4.60. The van der Waals surface area contributed by atoms with Gasteiger partial charge in [-0.2, -0.15) is 0 Å². The molecule has 1 aliphatic rings. The van der Waals surface area contributed by atoms with Crippen molar-refractivity contribution in [3.8, 4) is 0 Å². The molecule has 0 aromatic heterocycles. The second-order valence-electron chi connectivity index (χ2n) is 4.62. The molecule has 3 heteroatoms. The van der Waals surface area contributed by atoms with Gasteiger partial charge in [0.05, 0.1) is 5.69 Å². The van der Waals surface area contributed by atoms with Crippen LogP contribution in [-0.4, -0.2) is 18.8 Å². The monoisotopic (exact) mass is 250 g/mol. The number of hydrogen-bond acceptors (Lipinski definition) is 3. The third-order valence-electron chi connectivity index (χ3n) is 3.22. The van der Waals surface area contributed by atoms with E-state index in [0.717, 1.165) is 12.2 Å². The first-order valence-corrected chi connectivity index (χ1v) is 7.57. The summed E-state index contributed by atoms with van der Waals surface area (Å²) < 4.78 is 0. The molecule has 0 bridgehead atoms. The van der Waals surface area contributed by atoms with Crippen molar-refractivity contribution in [2.45, 2.75) is 37.5 Å². The van der Waals surface area contributed by atoms with Gasteiger partial charge in [-0.3, -0.25) is 0 Å². The summed E-state index contributed by atoms with van der Waals surface area (Å²) in [5, 5.41) is 0. The molecular weight excluding hydrogens is 228 g/mol. The minimum atomic E-state index is 0.879. The molecule has 1 heterocycles. The van der Waals surface area contributed by atoms with E-state index in [2.05, 4.69) is 24.0 Å². The molecule has 0 aliphatic carbocycles. The Morgan fingerprint density at radius 2 is 2.18 bits per heavy atom. The SMILES string of the molecule is CCCCCCN1CCSc2ccc(N)cc21. The maximum atomic E-state index is 5.88. The molecule has 0 amide bonds. The van der Waals surface area contributed by atoms with Crippen LogP contribution < -0.4 is 10.6 Å². The molecule has 0 saturated carbocycles. The van der Waals surface area contributed by atoms with Gasteiger partial charge in [-0.15, -0.1) is 11.8 Å². The molecule has 2 nitrogen and oxygen atoms in total. The molecular formula is C14H22N2S. The van der Waals surface area contributed by atoms with Gasteiger partial charge >= 0.3 is 0 Å². The third-order valence-corrected chi connectivity index (χ3v) is 4.27. The summed E-state index contributed by atoms with van der Waals surface area (Å²) in [5.74, 6) is 1.20. The van der Waals surface area contributed by atoms with Crippen LogP contribution in [0, 0.1) is 0 Å². The van der Waals surface area contributed by atoms with E-state index in [0.29, 0.717) is 0 Å². The highest BCUT2D eigenvalue weighted by Crippen LogP contribution is 2.36. The zero-order valence-electron chi connectivity index (χ0n) is 10.6. The molecule has 1 aromatic rings. The van der Waals surface area contributed by atoms with Gasteiger partial charge in [-0.25, -0.2) is 0 Å². The number of nitrogens with two attached hydrogens (primary N) is 1. The van der Waals surface area contributed by atoms with Crippen molar-refractivity contribution >= 4 is 23.1 Å². The van der Waals surface area contributed by atoms with E-state index in [1.807, 2.05) is 17.8 Å². The van der Waals surface area contributed by atoms with Crippen molar-refractivity contribution in [3.63, 3.8) is 0 Å². The number of anilines is 2. The van der Waals surface area contributed by atoms with Crippen LogP contribution in [0.25, 0.3) is 0 Å². The topological polar surface area (TPSA) is 29.3 Å². The minimum Gasteiger partial charge on any atom is -0.399 e. The van der Waals surface area contributed by atoms with Crippen LogP contribution in [0.1, 0.15) is 32.6 Å². The molecule has 0 fully saturated rings. The quantitative estimate of drug-likeness (QED) is 0.637. The van der Waals surface area contributed by atoms with Crippen LogP contribution in [0.4, 0.5) is 11.4 Å². The Bertz CT molecular complexity index is 365. The van der Waals surface area contributed by atoms with E-state index in [9.17, 15) is 0 Å². The maximum Gasteiger partial charge on any atom is 0.0525 e. The number of benzene rings is 1. The van der Waals surface area contributed by atoms with E-state index in [4.69, 9.17) is 5.73 Å². The predicted octanol–water partition coefficient (Wildman–Crippen LogP) is 3.76. The molecule has 0 atom stereocenters. The second-order valence-corrected chi connectivity index (χ2v) is 5.76. The predicted molar refractivity (Wildman–Crippen MR) is 77.9 cm³/mol. The van der Waals surface area contributed by atoms with Crippen molar-refractivity contribution in [1.82, 2.24) is 0 Å². The molecule has 0 saturated heterocycles. The summed E-state index contributed by atoms with van der Waals surface area (Å²) in [4.78, 5) is 3.89. The zero-order chi connectivity index (χ0) is 12.1. The average molecular weight is 250 g/mol. The lowest BCUT2D eigenvalue weighted by molar-refractivity contribution is 0.647. The molecule has 2 N–H and O–H groups in total. The highest BCUT2D eigenvalue weighted by atomic mass is 32.2. The Hall–Kier alpha value is -0.830. The highest BCUT2D eigenvalue weighted by Gasteiger charge is 2.16. The number of nitrogen functional groups attached to an aromatic ring is 1. The van der Waals surface area contributed by atoms with Crippen LogP contribution in [0.15, 0.2) is 23.1 Å². The van der Waals surface area contributed by atoms with Gasteiger partial charge in [0.15, 0.2) is 0 Å². The molecule has 0 unspecified atom stereocenters. The maximum absolute atomic E-state index is 5.88. The van der Waals surface area contributed by atoms with Gasteiger partial charge < -0.3 is 10.6 Å². The number of unbranched alkanes of at least 4 members (excludes halogenated alkanes) is 3. The normalized spacial score (nSPS) is 14.8. The van der Waals surface area contributed by atoms with Crippen molar-refractivity contribution in [3.05, 3.63) is 18.2 Å². The van der Waals surface area contributed by atoms with Gasteiger partial charge in [-0.1, -0.05) is 26.2 Å². The number of rotatable bonds is 5. The zero-order valence-corrected chi connectivity index (χ0v) is 11.4. The van der Waals surface area contributed by atoms with Gasteiger partial charge in [0.2, 0.25) is 0 Å². The molecule has 0 radical (unpaired) electrons.